The highest BCUT2D eigenvalue weighted by molar-refractivity contribution is 6.32. The summed E-state index contributed by atoms with van der Waals surface area (Å²) >= 11 is 6.10. The highest BCUT2D eigenvalue weighted by Crippen LogP contribution is 2.27. The van der Waals surface area contributed by atoms with E-state index >= 15 is 0 Å². The van der Waals surface area contributed by atoms with E-state index in [4.69, 9.17) is 16.3 Å². The first-order valence-corrected chi connectivity index (χ1v) is 7.51. The van der Waals surface area contributed by atoms with E-state index in [1.54, 1.807) is 12.1 Å². The van der Waals surface area contributed by atoms with E-state index in [0.29, 0.717) is 23.9 Å². The molecule has 2 heterocycles. The van der Waals surface area contributed by atoms with Gasteiger partial charge in [0.2, 0.25) is 5.91 Å². The predicted molar refractivity (Wildman–Crippen MR) is 78.6 cm³/mol. The molecule has 3 rings (SSSR count). The van der Waals surface area contributed by atoms with Crippen LogP contribution in [0, 0.1) is 6.92 Å². The lowest BCUT2D eigenvalue weighted by molar-refractivity contribution is -0.922. The number of nitrogens with one attached hydrogen (secondary N) is 1. The summed E-state index contributed by atoms with van der Waals surface area (Å²) in [4.78, 5) is 27.3. The molecule has 0 bridgehead atoms. The van der Waals surface area contributed by atoms with Gasteiger partial charge in [0.1, 0.15) is 13.1 Å². The van der Waals surface area contributed by atoms with Crippen molar-refractivity contribution in [1.82, 2.24) is 0 Å². The Morgan fingerprint density at radius 2 is 2.00 bits per heavy atom. The minimum Gasteiger partial charge on any atom is -0.370 e. The first-order chi connectivity index (χ1) is 10.1. The maximum atomic E-state index is 12.6. The molecule has 1 N–H and O–H groups in total. The van der Waals surface area contributed by atoms with Crippen LogP contribution in [0.4, 0.5) is 5.69 Å². The van der Waals surface area contributed by atoms with Crippen molar-refractivity contribution in [2.24, 2.45) is 0 Å². The fourth-order valence-corrected chi connectivity index (χ4v) is 3.10. The molecule has 2 aliphatic heterocycles. The molecule has 0 unspecified atom stereocenters. The zero-order chi connectivity index (χ0) is 15.0. The summed E-state index contributed by atoms with van der Waals surface area (Å²) in [6, 6.07) is 4.99. The number of halogens is 1. The fourth-order valence-electron chi connectivity index (χ4n) is 2.93. The minimum atomic E-state index is -0.290. The Balaban J connectivity index is 1.84. The molecule has 2 saturated heterocycles. The molecule has 2 aliphatic rings. The number of morpholine rings is 1. The molecule has 21 heavy (non-hydrogen) atoms. The number of carbonyl (C=O) groups is 2. The molecule has 0 saturated carbocycles. The second-order valence-corrected chi connectivity index (χ2v) is 5.94. The fraction of sp³-hybridized carbons (Fsp3) is 0.467. The minimum absolute atomic E-state index is 0.128. The number of imide groups is 1. The van der Waals surface area contributed by atoms with Crippen molar-refractivity contribution in [3.05, 3.63) is 28.8 Å². The molecule has 0 radical (unpaired) electrons. The van der Waals surface area contributed by atoms with Crippen LogP contribution in [0.5, 0.6) is 0 Å². The van der Waals surface area contributed by atoms with Gasteiger partial charge in [-0.25, -0.2) is 4.90 Å². The lowest BCUT2D eigenvalue weighted by atomic mass is 10.2. The summed E-state index contributed by atoms with van der Waals surface area (Å²) in [5.41, 5.74) is 1.49. The van der Waals surface area contributed by atoms with Gasteiger partial charge in [0.15, 0.2) is 6.04 Å². The first-order valence-electron chi connectivity index (χ1n) is 7.13. The van der Waals surface area contributed by atoms with Crippen LogP contribution in [0.1, 0.15) is 12.0 Å². The smallest absolute Gasteiger partial charge is 0.292 e. The van der Waals surface area contributed by atoms with E-state index in [9.17, 15) is 9.59 Å². The average molecular weight is 310 g/mol. The number of hydrogen-bond acceptors (Lipinski definition) is 3. The SMILES string of the molecule is Cc1ccc(N2C(=O)C[C@H]([NH+]3CCOCC3)C2=O)cc1Cl. The number of amides is 2. The van der Waals surface area contributed by atoms with E-state index in [-0.39, 0.29) is 24.3 Å². The molecule has 0 aliphatic carbocycles. The van der Waals surface area contributed by atoms with Gasteiger partial charge in [0.05, 0.1) is 25.3 Å². The van der Waals surface area contributed by atoms with Gasteiger partial charge in [-0.3, -0.25) is 9.59 Å². The van der Waals surface area contributed by atoms with Crippen molar-refractivity contribution in [2.75, 3.05) is 31.2 Å². The first kappa shape index (κ1) is 14.5. The molecular weight excluding hydrogens is 292 g/mol. The largest absolute Gasteiger partial charge is 0.370 e. The van der Waals surface area contributed by atoms with E-state index in [2.05, 4.69) is 0 Å². The van der Waals surface area contributed by atoms with Crippen molar-refractivity contribution in [2.45, 2.75) is 19.4 Å². The maximum absolute atomic E-state index is 12.6. The number of quaternary nitrogens is 1. The molecule has 1 aromatic rings. The van der Waals surface area contributed by atoms with Crippen LogP contribution in [0.2, 0.25) is 5.02 Å². The number of nitrogens with zero attached hydrogens (tertiary/aromatic N) is 1. The summed E-state index contributed by atoms with van der Waals surface area (Å²) in [6.07, 6.45) is 0.264. The number of carbonyl (C=O) groups excluding carboxylic acids is 2. The van der Waals surface area contributed by atoms with Gasteiger partial charge in [-0.15, -0.1) is 0 Å². The van der Waals surface area contributed by atoms with Gasteiger partial charge in [0.25, 0.3) is 5.91 Å². The van der Waals surface area contributed by atoms with Gasteiger partial charge in [0, 0.05) is 5.02 Å². The van der Waals surface area contributed by atoms with E-state index in [1.165, 1.54) is 4.90 Å². The van der Waals surface area contributed by atoms with Gasteiger partial charge in [-0.05, 0) is 24.6 Å². The summed E-state index contributed by atoms with van der Waals surface area (Å²) in [5, 5.41) is 0.565. The summed E-state index contributed by atoms with van der Waals surface area (Å²) < 4.78 is 5.31. The predicted octanol–water partition coefficient (Wildman–Crippen LogP) is 0.195. The number of aryl methyl sites for hydroxylation is 1. The Hall–Kier alpha value is -1.43. The van der Waals surface area contributed by atoms with E-state index < -0.39 is 0 Å². The van der Waals surface area contributed by atoms with Crippen molar-refractivity contribution in [3.63, 3.8) is 0 Å². The number of anilines is 1. The Bertz CT molecular complexity index is 584. The molecule has 0 spiro atoms. The molecule has 112 valence electrons. The monoisotopic (exact) mass is 309 g/mol. The topological polar surface area (TPSA) is 51.1 Å². The summed E-state index contributed by atoms with van der Waals surface area (Å²) in [5.74, 6) is -0.277. The van der Waals surface area contributed by atoms with Gasteiger partial charge in [-0.2, -0.15) is 0 Å². The highest BCUT2D eigenvalue weighted by Gasteiger charge is 2.46. The van der Waals surface area contributed by atoms with Gasteiger partial charge >= 0.3 is 0 Å². The summed E-state index contributed by atoms with van der Waals surface area (Å²) in [6.45, 7) is 4.71. The van der Waals surface area contributed by atoms with Crippen LogP contribution in [0.15, 0.2) is 18.2 Å². The van der Waals surface area contributed by atoms with Crippen LogP contribution in [-0.4, -0.2) is 44.2 Å². The van der Waals surface area contributed by atoms with Crippen LogP contribution in [-0.2, 0) is 14.3 Å². The quantitative estimate of drug-likeness (QED) is 0.794. The van der Waals surface area contributed by atoms with Crippen molar-refractivity contribution < 1.29 is 19.2 Å². The third kappa shape index (κ3) is 2.69. The van der Waals surface area contributed by atoms with Crippen molar-refractivity contribution >= 4 is 29.1 Å². The Morgan fingerprint density at radius 1 is 1.29 bits per heavy atom. The third-order valence-corrected chi connectivity index (χ3v) is 4.60. The molecule has 1 atom stereocenters. The van der Waals surface area contributed by atoms with Crippen molar-refractivity contribution in [3.8, 4) is 0 Å². The molecule has 5 nitrogen and oxygen atoms in total. The van der Waals surface area contributed by atoms with Gasteiger partial charge in [-0.1, -0.05) is 17.7 Å². The van der Waals surface area contributed by atoms with E-state index in [1.807, 2.05) is 13.0 Å². The molecule has 0 aromatic heterocycles. The molecular formula is C15H18ClN2O3+. The highest BCUT2D eigenvalue weighted by atomic mass is 35.5. The third-order valence-electron chi connectivity index (χ3n) is 4.19. The average Bonchev–Trinajstić information content (AvgIpc) is 2.78. The van der Waals surface area contributed by atoms with Gasteiger partial charge < -0.3 is 9.64 Å². The molecule has 1 aromatic carbocycles. The van der Waals surface area contributed by atoms with E-state index in [0.717, 1.165) is 23.6 Å². The molecule has 6 heteroatoms. The normalized spacial score (nSPS) is 23.9. The zero-order valence-electron chi connectivity index (χ0n) is 11.9. The Kier molecular flexibility index (Phi) is 3.97. The number of ether oxygens (including phenoxy) is 1. The summed E-state index contributed by atoms with van der Waals surface area (Å²) in [7, 11) is 0. The van der Waals surface area contributed by atoms with Crippen molar-refractivity contribution in [1.29, 1.82) is 0 Å². The maximum Gasteiger partial charge on any atom is 0.292 e. The second-order valence-electron chi connectivity index (χ2n) is 5.53. The number of hydrogen-bond donors (Lipinski definition) is 1. The lowest BCUT2D eigenvalue weighted by Gasteiger charge is -2.27. The lowest BCUT2D eigenvalue weighted by Crippen LogP contribution is -3.18. The second kappa shape index (κ2) is 5.75. The Morgan fingerprint density at radius 3 is 2.67 bits per heavy atom. The Labute approximate surface area is 128 Å². The number of benzene rings is 1. The standard InChI is InChI=1S/C15H17ClN2O3/c1-10-2-3-11(8-12(10)16)18-14(19)9-13(15(18)20)17-4-6-21-7-5-17/h2-3,8,13H,4-7,9H2,1H3/p+1/t13-/m0/s1. The molecule has 2 amide bonds. The van der Waals surface area contributed by atoms with Crippen LogP contribution < -0.4 is 9.80 Å². The van der Waals surface area contributed by atoms with Crippen LogP contribution in [0.25, 0.3) is 0 Å². The zero-order valence-corrected chi connectivity index (χ0v) is 12.7. The molecule has 2 fully saturated rings. The number of rotatable bonds is 2. The van der Waals surface area contributed by atoms with Crippen LogP contribution >= 0.6 is 11.6 Å². The van der Waals surface area contributed by atoms with Crippen LogP contribution in [0.3, 0.4) is 0 Å².